The van der Waals surface area contributed by atoms with Gasteiger partial charge in [0, 0.05) is 43.2 Å². The Bertz CT molecular complexity index is 1010. The van der Waals surface area contributed by atoms with Crippen LogP contribution in [0.25, 0.3) is 0 Å². The Kier molecular flexibility index (Phi) is 6.71. The third-order valence-electron chi connectivity index (χ3n) is 4.99. The lowest BCUT2D eigenvalue weighted by Crippen LogP contribution is -2.19. The van der Waals surface area contributed by atoms with Crippen molar-refractivity contribution in [3.63, 3.8) is 0 Å². The van der Waals surface area contributed by atoms with Crippen LogP contribution in [0.1, 0.15) is 22.3 Å². The Morgan fingerprint density at radius 3 is 1.81 bits per heavy atom. The topological polar surface area (TPSA) is 134 Å². The monoisotopic (exact) mass is 432 g/mol. The molecule has 31 heavy (non-hydrogen) atoms. The highest BCUT2D eigenvalue weighted by molar-refractivity contribution is 5.57. The fourth-order valence-corrected chi connectivity index (χ4v) is 3.79. The van der Waals surface area contributed by atoms with Gasteiger partial charge in [-0.2, -0.15) is 0 Å². The Morgan fingerprint density at radius 1 is 0.935 bits per heavy atom. The highest BCUT2D eigenvalue weighted by Crippen LogP contribution is 2.39. The molecule has 2 unspecified atom stereocenters. The average Bonchev–Trinajstić information content (AvgIpc) is 3.30. The molecule has 4 rings (SSSR count). The van der Waals surface area contributed by atoms with Gasteiger partial charge in [-0.1, -0.05) is 12.1 Å². The molecule has 0 spiro atoms. The van der Waals surface area contributed by atoms with E-state index in [1.54, 1.807) is 14.0 Å². The second kappa shape index (κ2) is 9.27. The molecule has 0 aliphatic carbocycles. The average molecular weight is 432 g/mol. The number of fused-ring (bicyclic) bond motifs is 2. The van der Waals surface area contributed by atoms with Gasteiger partial charge >= 0.3 is 11.4 Å². The molecule has 0 amide bonds. The van der Waals surface area contributed by atoms with Gasteiger partial charge in [-0.25, -0.2) is 0 Å². The molecule has 2 aliphatic rings. The van der Waals surface area contributed by atoms with Crippen molar-refractivity contribution in [3.8, 4) is 11.5 Å². The Hall–Kier alpha value is -3.24. The molecule has 0 fully saturated rings. The van der Waals surface area contributed by atoms with Crippen molar-refractivity contribution in [1.29, 1.82) is 0 Å². The molecule has 10 heteroatoms. The van der Waals surface area contributed by atoms with Crippen molar-refractivity contribution < 1.29 is 29.2 Å². The zero-order chi connectivity index (χ0) is 22.7. The predicted octanol–water partition coefficient (Wildman–Crippen LogP) is 3.05. The maximum Gasteiger partial charge on any atom is 0.311 e. The Labute approximate surface area is 178 Å². The highest BCUT2D eigenvalue weighted by atomic mass is 16.6. The van der Waals surface area contributed by atoms with Crippen LogP contribution in [0.15, 0.2) is 24.3 Å². The van der Waals surface area contributed by atoms with Gasteiger partial charge in [0.2, 0.25) is 11.5 Å². The number of benzene rings is 2. The van der Waals surface area contributed by atoms with E-state index in [9.17, 15) is 20.2 Å². The second-order valence-corrected chi connectivity index (χ2v) is 7.58. The first kappa shape index (κ1) is 22.4. The third kappa shape index (κ3) is 4.92. The fraction of sp³-hybridized carbons (Fsp3) is 0.429. The number of nitrogens with zero attached hydrogens (tertiary/aromatic N) is 2. The summed E-state index contributed by atoms with van der Waals surface area (Å²) in [6.07, 6.45) is 0.751. The van der Waals surface area contributed by atoms with Crippen LogP contribution in [0, 0.1) is 34.1 Å². The molecule has 166 valence electrons. The zero-order valence-electron chi connectivity index (χ0n) is 17.5. The van der Waals surface area contributed by atoms with Crippen molar-refractivity contribution in [3.05, 3.63) is 66.7 Å². The molecule has 2 aromatic carbocycles. The van der Waals surface area contributed by atoms with Gasteiger partial charge in [-0.3, -0.25) is 20.2 Å². The van der Waals surface area contributed by atoms with E-state index in [0.717, 1.165) is 22.3 Å². The van der Waals surface area contributed by atoms with Gasteiger partial charge in [0.05, 0.1) is 23.1 Å². The summed E-state index contributed by atoms with van der Waals surface area (Å²) in [5, 5.41) is 30.6. The van der Waals surface area contributed by atoms with Crippen molar-refractivity contribution in [1.82, 2.24) is 0 Å². The summed E-state index contributed by atoms with van der Waals surface area (Å²) in [6, 6.07) is 6.81. The SMILES string of the molecule is COCC1Cc2cc(C)cc([N+](=O)[O-])c2O1.Cc1cc2c(c([N+](=O)[O-])c1)OC(CO)C2. The number of rotatable bonds is 5. The van der Waals surface area contributed by atoms with E-state index in [1.165, 1.54) is 12.1 Å². The van der Waals surface area contributed by atoms with Gasteiger partial charge in [-0.05, 0) is 25.0 Å². The minimum absolute atomic E-state index is 0.0130. The minimum Gasteiger partial charge on any atom is -0.481 e. The number of aliphatic hydroxyl groups is 1. The lowest BCUT2D eigenvalue weighted by Gasteiger charge is -2.08. The number of aryl methyl sites for hydroxylation is 2. The zero-order valence-corrected chi connectivity index (χ0v) is 17.5. The van der Waals surface area contributed by atoms with Crippen LogP contribution in [-0.2, 0) is 17.6 Å². The first-order valence-corrected chi connectivity index (χ1v) is 9.72. The molecule has 0 radical (unpaired) electrons. The van der Waals surface area contributed by atoms with Crippen LogP contribution in [0.2, 0.25) is 0 Å². The second-order valence-electron chi connectivity index (χ2n) is 7.58. The van der Waals surface area contributed by atoms with Gasteiger partial charge in [0.25, 0.3) is 0 Å². The van der Waals surface area contributed by atoms with E-state index in [4.69, 9.17) is 19.3 Å². The van der Waals surface area contributed by atoms with Gasteiger partial charge in [-0.15, -0.1) is 0 Å². The standard InChI is InChI=1S/C11H13NO4.C10H11NO4/c1-7-3-8-5-9(6-15-2)16-11(8)10(4-7)12(13)14;1-6-2-7-4-8(5-12)15-10(7)9(3-6)11(13)14/h3-4,9H,5-6H2,1-2H3;2-3,8,12H,4-5H2,1H3. The first-order valence-electron chi connectivity index (χ1n) is 9.72. The van der Waals surface area contributed by atoms with Gasteiger partial charge < -0.3 is 19.3 Å². The lowest BCUT2D eigenvalue weighted by molar-refractivity contribution is -0.386. The van der Waals surface area contributed by atoms with Gasteiger partial charge in [0.15, 0.2) is 0 Å². The molecular formula is C21H24N2O8. The molecule has 0 saturated heterocycles. The van der Waals surface area contributed by atoms with E-state index in [-0.39, 0.29) is 30.2 Å². The van der Waals surface area contributed by atoms with Crippen LogP contribution in [0.3, 0.4) is 0 Å². The van der Waals surface area contributed by atoms with Crippen LogP contribution in [-0.4, -0.2) is 47.5 Å². The molecule has 2 aliphatic heterocycles. The molecule has 2 heterocycles. The highest BCUT2D eigenvalue weighted by Gasteiger charge is 2.31. The van der Waals surface area contributed by atoms with Crippen LogP contribution >= 0.6 is 0 Å². The third-order valence-corrected chi connectivity index (χ3v) is 4.99. The van der Waals surface area contributed by atoms with Crippen molar-refractivity contribution in [2.75, 3.05) is 20.3 Å². The van der Waals surface area contributed by atoms with Crippen molar-refractivity contribution in [2.45, 2.75) is 38.9 Å². The number of methoxy groups -OCH3 is 1. The Balaban J connectivity index is 0.000000176. The number of aliphatic hydroxyl groups excluding tert-OH is 1. The van der Waals surface area contributed by atoms with Crippen LogP contribution in [0.4, 0.5) is 11.4 Å². The molecule has 1 N–H and O–H groups in total. The fourth-order valence-electron chi connectivity index (χ4n) is 3.79. The van der Waals surface area contributed by atoms with Gasteiger partial charge in [0.1, 0.15) is 12.2 Å². The van der Waals surface area contributed by atoms with Crippen molar-refractivity contribution in [2.24, 2.45) is 0 Å². The smallest absolute Gasteiger partial charge is 0.311 e. The predicted molar refractivity (Wildman–Crippen MR) is 111 cm³/mol. The van der Waals surface area contributed by atoms with Crippen molar-refractivity contribution >= 4 is 11.4 Å². The summed E-state index contributed by atoms with van der Waals surface area (Å²) in [5.74, 6) is 0.710. The van der Waals surface area contributed by atoms with E-state index in [1.807, 2.05) is 19.1 Å². The number of hydrogen-bond acceptors (Lipinski definition) is 8. The molecule has 0 bridgehead atoms. The molecule has 2 aromatic rings. The van der Waals surface area contributed by atoms with E-state index >= 15 is 0 Å². The number of nitro groups is 2. The number of nitro benzene ring substituents is 2. The molecule has 10 nitrogen and oxygen atoms in total. The lowest BCUT2D eigenvalue weighted by atomic mass is 10.1. The minimum atomic E-state index is -0.453. The summed E-state index contributed by atoms with van der Waals surface area (Å²) in [5.41, 5.74) is 3.46. The molecular weight excluding hydrogens is 408 g/mol. The van der Waals surface area contributed by atoms with Crippen LogP contribution < -0.4 is 9.47 Å². The normalized spacial score (nSPS) is 18.2. The maximum atomic E-state index is 10.9. The summed E-state index contributed by atoms with van der Waals surface area (Å²) in [6.45, 7) is 3.98. The largest absolute Gasteiger partial charge is 0.481 e. The summed E-state index contributed by atoms with van der Waals surface area (Å²) in [4.78, 5) is 20.8. The molecule has 0 aromatic heterocycles. The quantitative estimate of drug-likeness (QED) is 0.563. The summed E-state index contributed by atoms with van der Waals surface area (Å²) >= 11 is 0. The summed E-state index contributed by atoms with van der Waals surface area (Å²) < 4.78 is 15.8. The first-order chi connectivity index (χ1) is 14.7. The molecule has 0 saturated carbocycles. The van der Waals surface area contributed by atoms with Crippen LogP contribution in [0.5, 0.6) is 11.5 Å². The van der Waals surface area contributed by atoms with E-state index in [2.05, 4.69) is 0 Å². The maximum absolute atomic E-state index is 10.9. The molecule has 2 atom stereocenters. The number of hydrogen-bond donors (Lipinski definition) is 1. The number of ether oxygens (including phenoxy) is 3. The van der Waals surface area contributed by atoms with E-state index < -0.39 is 9.85 Å². The summed E-state index contributed by atoms with van der Waals surface area (Å²) in [7, 11) is 1.59. The van der Waals surface area contributed by atoms with E-state index in [0.29, 0.717) is 30.9 Å². The Morgan fingerprint density at radius 2 is 1.39 bits per heavy atom.